The predicted octanol–water partition coefficient (Wildman–Crippen LogP) is 3.60. The molecule has 0 bridgehead atoms. The van der Waals surface area contributed by atoms with E-state index >= 15 is 0 Å². The van der Waals surface area contributed by atoms with Crippen LogP contribution in [0.4, 0.5) is 5.82 Å². The van der Waals surface area contributed by atoms with Gasteiger partial charge in [0.1, 0.15) is 5.75 Å². The summed E-state index contributed by atoms with van der Waals surface area (Å²) in [6, 6.07) is 18.7. The Kier molecular flexibility index (Phi) is 4.29. The minimum Gasteiger partial charge on any atom is -0.508 e. The number of phenolic OH excluding ortho intramolecular Hbond substituents is 1. The maximum Gasteiger partial charge on any atom is 0.171 e. The summed E-state index contributed by atoms with van der Waals surface area (Å²) in [7, 11) is 0. The maximum atomic E-state index is 9.24. The molecule has 3 aromatic rings. The molecule has 0 aliphatic rings. The fraction of sp³-hybridized carbons (Fsp3) is 0.0556. The zero-order valence-corrected chi connectivity index (χ0v) is 12.6. The first-order chi connectivity index (χ1) is 11.2. The molecule has 0 atom stereocenters. The molecule has 0 spiro atoms. The van der Waals surface area contributed by atoms with Gasteiger partial charge in [-0.15, -0.1) is 10.2 Å². The van der Waals surface area contributed by atoms with Gasteiger partial charge in [0.2, 0.25) is 0 Å². The fourth-order valence-electron chi connectivity index (χ4n) is 2.07. The van der Waals surface area contributed by atoms with Crippen molar-refractivity contribution in [3.8, 4) is 17.0 Å². The lowest BCUT2D eigenvalue weighted by molar-refractivity contribution is 0.475. The molecule has 0 unspecified atom stereocenters. The van der Waals surface area contributed by atoms with Crippen molar-refractivity contribution >= 4 is 12.0 Å². The molecule has 3 rings (SSSR count). The highest BCUT2D eigenvalue weighted by molar-refractivity contribution is 5.80. The Morgan fingerprint density at radius 1 is 1.00 bits per heavy atom. The van der Waals surface area contributed by atoms with Crippen molar-refractivity contribution in [3.63, 3.8) is 0 Å². The van der Waals surface area contributed by atoms with E-state index in [1.54, 1.807) is 30.5 Å². The van der Waals surface area contributed by atoms with Gasteiger partial charge in [-0.1, -0.05) is 30.3 Å². The molecule has 0 saturated carbocycles. The summed E-state index contributed by atoms with van der Waals surface area (Å²) >= 11 is 0. The van der Waals surface area contributed by atoms with E-state index in [9.17, 15) is 5.11 Å². The lowest BCUT2D eigenvalue weighted by Crippen LogP contribution is -1.99. The van der Waals surface area contributed by atoms with Crippen LogP contribution in [0.5, 0.6) is 5.75 Å². The van der Waals surface area contributed by atoms with Crippen molar-refractivity contribution in [3.05, 3.63) is 71.8 Å². The number of phenols is 1. The van der Waals surface area contributed by atoms with Crippen LogP contribution in [0.2, 0.25) is 0 Å². The molecule has 114 valence electrons. The van der Waals surface area contributed by atoms with Crippen LogP contribution in [0.3, 0.4) is 0 Å². The normalized spacial score (nSPS) is 10.8. The second kappa shape index (κ2) is 6.70. The lowest BCUT2D eigenvalue weighted by Gasteiger charge is -2.05. The monoisotopic (exact) mass is 304 g/mol. The van der Waals surface area contributed by atoms with E-state index in [1.807, 2.05) is 43.3 Å². The molecule has 0 aliphatic carbocycles. The quantitative estimate of drug-likeness (QED) is 0.570. The molecule has 5 heteroatoms. The molecule has 0 fully saturated rings. The van der Waals surface area contributed by atoms with Gasteiger partial charge in [0.15, 0.2) is 5.82 Å². The number of aromatic nitrogens is 2. The molecular weight excluding hydrogens is 288 g/mol. The molecule has 2 N–H and O–H groups in total. The molecule has 23 heavy (non-hydrogen) atoms. The van der Waals surface area contributed by atoms with E-state index in [0.29, 0.717) is 5.82 Å². The Morgan fingerprint density at radius 3 is 2.43 bits per heavy atom. The summed E-state index contributed by atoms with van der Waals surface area (Å²) in [4.78, 5) is 0. The number of benzene rings is 2. The second-order valence-corrected chi connectivity index (χ2v) is 5.09. The highest BCUT2D eigenvalue weighted by Gasteiger charge is 2.04. The van der Waals surface area contributed by atoms with Crippen molar-refractivity contribution in [1.82, 2.24) is 10.2 Å². The van der Waals surface area contributed by atoms with Crippen molar-refractivity contribution in [2.75, 3.05) is 5.43 Å². The highest BCUT2D eigenvalue weighted by atomic mass is 16.3. The third kappa shape index (κ3) is 3.71. The number of aryl methyl sites for hydroxylation is 1. The van der Waals surface area contributed by atoms with Crippen LogP contribution in [0.25, 0.3) is 11.3 Å². The van der Waals surface area contributed by atoms with Crippen LogP contribution in [0, 0.1) is 6.92 Å². The topological polar surface area (TPSA) is 70.4 Å². The van der Waals surface area contributed by atoms with Crippen molar-refractivity contribution < 1.29 is 5.11 Å². The summed E-state index contributed by atoms with van der Waals surface area (Å²) in [5, 5.41) is 21.8. The van der Waals surface area contributed by atoms with E-state index < -0.39 is 0 Å². The Balaban J connectivity index is 1.72. The summed E-state index contributed by atoms with van der Waals surface area (Å²) in [5.41, 5.74) is 6.58. The molecule has 1 heterocycles. The summed E-state index contributed by atoms with van der Waals surface area (Å²) < 4.78 is 0. The third-order valence-electron chi connectivity index (χ3n) is 3.33. The first kappa shape index (κ1) is 14.7. The number of aromatic hydroxyl groups is 1. The van der Waals surface area contributed by atoms with Crippen LogP contribution < -0.4 is 5.43 Å². The Labute approximate surface area is 134 Å². The summed E-state index contributed by atoms with van der Waals surface area (Å²) in [6.07, 6.45) is 1.66. The molecule has 5 nitrogen and oxygen atoms in total. The van der Waals surface area contributed by atoms with Crippen LogP contribution in [-0.4, -0.2) is 21.5 Å². The largest absolute Gasteiger partial charge is 0.508 e. The van der Waals surface area contributed by atoms with Gasteiger partial charge >= 0.3 is 0 Å². The summed E-state index contributed by atoms with van der Waals surface area (Å²) in [5.74, 6) is 0.841. The standard InChI is InChI=1S/C18H16N4O/c1-13-11-17(15-5-3-2-4-6-15)20-22-18(13)21-19-12-14-7-9-16(23)10-8-14/h2-12,23H,1H3,(H,21,22). The van der Waals surface area contributed by atoms with E-state index in [0.717, 1.165) is 22.4 Å². The second-order valence-electron chi connectivity index (χ2n) is 5.09. The van der Waals surface area contributed by atoms with Gasteiger partial charge < -0.3 is 5.11 Å². The van der Waals surface area contributed by atoms with E-state index in [4.69, 9.17) is 0 Å². The fourth-order valence-corrected chi connectivity index (χ4v) is 2.07. The number of anilines is 1. The van der Waals surface area contributed by atoms with Crippen LogP contribution >= 0.6 is 0 Å². The molecule has 0 amide bonds. The lowest BCUT2D eigenvalue weighted by atomic mass is 10.1. The Bertz CT molecular complexity index is 814. The number of nitrogens with zero attached hydrogens (tertiary/aromatic N) is 3. The molecule has 2 aromatic carbocycles. The van der Waals surface area contributed by atoms with E-state index in [-0.39, 0.29) is 5.75 Å². The summed E-state index contributed by atoms with van der Waals surface area (Å²) in [6.45, 7) is 1.96. The van der Waals surface area contributed by atoms with Crippen molar-refractivity contribution in [2.45, 2.75) is 6.92 Å². The number of hydrogen-bond donors (Lipinski definition) is 2. The first-order valence-corrected chi connectivity index (χ1v) is 7.20. The van der Waals surface area contributed by atoms with Crippen LogP contribution in [0.15, 0.2) is 65.8 Å². The van der Waals surface area contributed by atoms with Crippen LogP contribution in [0.1, 0.15) is 11.1 Å². The van der Waals surface area contributed by atoms with Gasteiger partial charge in [-0.3, -0.25) is 5.43 Å². The van der Waals surface area contributed by atoms with Gasteiger partial charge in [0.25, 0.3) is 0 Å². The first-order valence-electron chi connectivity index (χ1n) is 7.20. The molecule has 0 aliphatic heterocycles. The predicted molar refractivity (Wildman–Crippen MR) is 91.5 cm³/mol. The average Bonchev–Trinajstić information content (AvgIpc) is 2.59. The third-order valence-corrected chi connectivity index (χ3v) is 3.33. The molecular formula is C18H16N4O. The van der Waals surface area contributed by atoms with E-state index in [2.05, 4.69) is 20.7 Å². The van der Waals surface area contributed by atoms with Gasteiger partial charge in [0.05, 0.1) is 11.9 Å². The average molecular weight is 304 g/mol. The smallest absolute Gasteiger partial charge is 0.171 e. The highest BCUT2D eigenvalue weighted by Crippen LogP contribution is 2.19. The van der Waals surface area contributed by atoms with Crippen molar-refractivity contribution in [1.29, 1.82) is 0 Å². The van der Waals surface area contributed by atoms with E-state index in [1.165, 1.54) is 0 Å². The number of nitrogens with one attached hydrogen (secondary N) is 1. The SMILES string of the molecule is Cc1cc(-c2ccccc2)nnc1NN=Cc1ccc(O)cc1. The molecule has 1 aromatic heterocycles. The minimum absolute atomic E-state index is 0.230. The molecule has 0 radical (unpaired) electrons. The molecule has 0 saturated heterocycles. The maximum absolute atomic E-state index is 9.24. The van der Waals surface area contributed by atoms with Crippen molar-refractivity contribution in [2.24, 2.45) is 5.10 Å². The van der Waals surface area contributed by atoms with Crippen LogP contribution in [-0.2, 0) is 0 Å². The Hall–Kier alpha value is -3.21. The number of hydrazone groups is 1. The van der Waals surface area contributed by atoms with Gasteiger partial charge in [-0.05, 0) is 48.4 Å². The zero-order chi connectivity index (χ0) is 16.1. The number of rotatable bonds is 4. The number of hydrogen-bond acceptors (Lipinski definition) is 5. The zero-order valence-electron chi connectivity index (χ0n) is 12.6. The van der Waals surface area contributed by atoms with Gasteiger partial charge in [-0.2, -0.15) is 5.10 Å². The van der Waals surface area contributed by atoms with Gasteiger partial charge in [-0.25, -0.2) is 0 Å². The Morgan fingerprint density at radius 2 is 1.74 bits per heavy atom. The van der Waals surface area contributed by atoms with Gasteiger partial charge in [0, 0.05) is 5.56 Å². The minimum atomic E-state index is 0.230.